The van der Waals surface area contributed by atoms with Crippen LogP contribution in [0.1, 0.15) is 129 Å². The number of cyclic esters (lactones) is 2. The highest BCUT2D eigenvalue weighted by atomic mass is 35.5. The lowest BCUT2D eigenvalue weighted by atomic mass is 9.92. The van der Waals surface area contributed by atoms with Gasteiger partial charge >= 0.3 is 17.9 Å². The zero-order valence-electron chi connectivity index (χ0n) is 88.8. The Hall–Kier alpha value is -7.50. The van der Waals surface area contributed by atoms with Crippen LogP contribution in [0.2, 0.25) is 5.02 Å². The van der Waals surface area contributed by atoms with Crippen LogP contribution >= 0.6 is 11.6 Å². The first-order valence-electron chi connectivity index (χ1n) is 51.8. The van der Waals surface area contributed by atoms with E-state index in [9.17, 15) is 43.2 Å². The molecule has 2 aromatic rings. The van der Waals surface area contributed by atoms with Crippen LogP contribution in [0.5, 0.6) is 5.75 Å². The number of nitrogens with one attached hydrogen (secondary N) is 6. The summed E-state index contributed by atoms with van der Waals surface area (Å²) in [6.45, 7) is 33.5. The Kier molecular flexibility index (Phi) is 79.8. The second kappa shape index (κ2) is 88.9. The summed E-state index contributed by atoms with van der Waals surface area (Å²) in [7, 11) is 3.12. The number of halogens is 1. The molecule has 8 atom stereocenters. The number of aliphatic carboxylic acids is 1. The number of rotatable bonds is 96. The van der Waals surface area contributed by atoms with E-state index in [0.29, 0.717) is 332 Å². The molecule has 2 heterocycles. The molecule has 2 aromatic carbocycles. The Morgan fingerprint density at radius 2 is 0.858 bits per heavy atom. The summed E-state index contributed by atoms with van der Waals surface area (Å²) in [6.07, 6.45) is 0.881. The van der Waals surface area contributed by atoms with Crippen molar-refractivity contribution in [3.05, 3.63) is 76.3 Å². The highest BCUT2D eigenvalue weighted by Crippen LogP contribution is 2.45. The summed E-state index contributed by atoms with van der Waals surface area (Å²) in [4.78, 5) is 120. The quantitative estimate of drug-likeness (QED) is 0.0250. The zero-order chi connectivity index (χ0) is 107. The highest BCUT2D eigenvalue weighted by Gasteiger charge is 2.48. The maximum atomic E-state index is 14.1. The third-order valence-electron chi connectivity index (χ3n) is 22.1. The minimum Gasteiger partial charge on any atom is -0.495 e. The van der Waals surface area contributed by atoms with Crippen LogP contribution in [-0.2, 0) is 184 Å². The Morgan fingerprint density at radius 3 is 1.24 bits per heavy atom. The second-order valence-electron chi connectivity index (χ2n) is 35.6. The average molecular weight is 2140 g/mol. The number of amides is 6. The monoisotopic (exact) mass is 2140 g/mol. The fraction of sp³-hybridized carbons (Fsp3) is 0.777. The standard InChI is InChI=1S/C103H173ClN6O38/c1-79(2)74-90-101(119)146-88(15-12-16-92(112)108-87(76-83-21-24-89(122-9)85(104)75-83)99(117)107-78-103(6,7)102(120)147-90)81(5)96-97(148-96)84-22-19-82(20-23-84)77-106-98(116)86(109-100(118)95(80(3)4)110-93(113)17-13-18-94(114)115)14-10-11-26-105-91(111)25-27-123-30-31-125-34-35-127-38-39-129-42-43-131-46-47-133-50-51-135-54-55-137-58-59-139-62-63-141-66-67-143-70-71-145-73-72-144-69-68-142-65-64-140-61-60-138-57-56-136-53-52-134-49-48-132-45-44-130-41-40-128-37-36-126-33-32-124-29-28-121-8/h12,16,19-24,75,79-81,86-88,90,95-97H,10-11,13-15,17-18,25-74,76-78H2,1-9H3,(H,105,111)(H,106,116)(H,107,117)(H,108,112)(H,109,118)(H,110,113)(H,114,115)/b16-12+/t81-,86-,87+,88-,90-,95-,96+,97+/m0/s1. The van der Waals surface area contributed by atoms with E-state index in [0.717, 1.165) is 5.56 Å². The first kappa shape index (κ1) is 133. The van der Waals surface area contributed by atoms with Crippen molar-refractivity contribution in [2.45, 2.75) is 162 Å². The lowest BCUT2D eigenvalue weighted by molar-refractivity contribution is -0.179. The molecule has 0 bridgehead atoms. The molecular formula is C103H173ClN6O38. The van der Waals surface area contributed by atoms with E-state index in [1.165, 1.54) is 13.2 Å². The molecule has 45 heteroatoms. The van der Waals surface area contributed by atoms with Gasteiger partial charge in [-0.25, -0.2) is 4.79 Å². The number of methoxy groups -OCH3 is 2. The fourth-order valence-corrected chi connectivity index (χ4v) is 14.0. The molecular weight excluding hydrogens is 1960 g/mol. The number of benzene rings is 2. The van der Waals surface area contributed by atoms with Crippen molar-refractivity contribution >= 4 is 65.0 Å². The Bertz CT molecular complexity index is 3780. The van der Waals surface area contributed by atoms with Gasteiger partial charge in [0.05, 0.1) is 334 Å². The van der Waals surface area contributed by atoms with Crippen LogP contribution in [0.4, 0.5) is 0 Å². The summed E-state index contributed by atoms with van der Waals surface area (Å²) < 4.78 is 156. The van der Waals surface area contributed by atoms with Crippen molar-refractivity contribution in [1.29, 1.82) is 0 Å². The third kappa shape index (κ3) is 69.9. The predicted molar refractivity (Wildman–Crippen MR) is 541 cm³/mol. The molecule has 0 aliphatic carbocycles. The Morgan fingerprint density at radius 1 is 0.459 bits per heavy atom. The van der Waals surface area contributed by atoms with Gasteiger partial charge in [-0.05, 0) is 92.7 Å². The van der Waals surface area contributed by atoms with Gasteiger partial charge in [-0.1, -0.05) is 82.6 Å². The lowest BCUT2D eigenvalue weighted by Gasteiger charge is -2.29. The topological polar surface area (TPSA) is 508 Å². The van der Waals surface area contributed by atoms with Crippen LogP contribution in [0, 0.1) is 23.2 Å². The molecule has 0 aromatic heterocycles. The van der Waals surface area contributed by atoms with E-state index in [1.54, 1.807) is 59.1 Å². The van der Waals surface area contributed by atoms with Gasteiger partial charge in [-0.2, -0.15) is 0 Å². The largest absolute Gasteiger partial charge is 0.495 e. The normalized spacial score (nSPS) is 16.9. The van der Waals surface area contributed by atoms with Gasteiger partial charge < -0.3 is 170 Å². The number of hydrogen-bond donors (Lipinski definition) is 7. The van der Waals surface area contributed by atoms with Crippen LogP contribution in [0.3, 0.4) is 0 Å². The van der Waals surface area contributed by atoms with Gasteiger partial charge in [0.15, 0.2) is 6.10 Å². The average Bonchev–Trinajstić information content (AvgIpc) is 1.63. The Labute approximate surface area is 878 Å². The van der Waals surface area contributed by atoms with Crippen molar-refractivity contribution in [3.63, 3.8) is 0 Å². The zero-order valence-corrected chi connectivity index (χ0v) is 89.6. The number of esters is 2. The molecule has 0 unspecified atom stereocenters. The molecule has 0 radical (unpaired) electrons. The fourth-order valence-electron chi connectivity index (χ4n) is 13.7. The minimum absolute atomic E-state index is 0.0478. The molecule has 1 fully saturated rings. The lowest BCUT2D eigenvalue weighted by Crippen LogP contribution is -2.55. The van der Waals surface area contributed by atoms with E-state index >= 15 is 0 Å². The van der Waals surface area contributed by atoms with Crippen LogP contribution in [0.15, 0.2) is 54.6 Å². The first-order valence-corrected chi connectivity index (χ1v) is 52.2. The van der Waals surface area contributed by atoms with Gasteiger partial charge in [0.25, 0.3) is 0 Å². The first-order chi connectivity index (χ1) is 71.9. The van der Waals surface area contributed by atoms with E-state index in [1.807, 2.05) is 45.0 Å². The molecule has 6 amide bonds. The van der Waals surface area contributed by atoms with E-state index in [2.05, 4.69) is 31.9 Å². The Balaban J connectivity index is 0.930. The number of carboxylic acid groups (broad SMARTS) is 1. The molecule has 1 saturated heterocycles. The number of carboxylic acids is 1. The van der Waals surface area contributed by atoms with Gasteiger partial charge in [-0.15, -0.1) is 0 Å². The van der Waals surface area contributed by atoms with Crippen molar-refractivity contribution in [2.24, 2.45) is 23.2 Å². The van der Waals surface area contributed by atoms with Gasteiger partial charge in [-0.3, -0.25) is 38.4 Å². The number of ether oxygens (including phenoxy) is 28. The molecule has 44 nitrogen and oxygen atoms in total. The van der Waals surface area contributed by atoms with E-state index < -0.39 is 107 Å². The van der Waals surface area contributed by atoms with E-state index in [4.69, 9.17) is 149 Å². The van der Waals surface area contributed by atoms with Crippen molar-refractivity contribution in [3.8, 4) is 5.75 Å². The number of epoxide rings is 1. The molecule has 4 rings (SSSR count). The van der Waals surface area contributed by atoms with Crippen LogP contribution in [-0.4, -0.2) is 433 Å². The summed E-state index contributed by atoms with van der Waals surface area (Å²) in [6, 6.07) is 9.17. The molecule has 0 spiro atoms. The molecule has 0 saturated carbocycles. The number of unbranched alkanes of at least 4 members (excludes halogenated alkanes) is 1. The smallest absolute Gasteiger partial charge is 0.347 e. The second-order valence-corrected chi connectivity index (χ2v) is 36.0. The molecule has 2 aliphatic heterocycles. The van der Waals surface area contributed by atoms with Crippen LogP contribution in [0.25, 0.3) is 0 Å². The third-order valence-corrected chi connectivity index (χ3v) is 22.4. The van der Waals surface area contributed by atoms with E-state index in [-0.39, 0.29) is 96.0 Å². The molecule has 2 aliphatic rings. The van der Waals surface area contributed by atoms with Gasteiger partial charge in [0, 0.05) is 64.8 Å². The van der Waals surface area contributed by atoms with Gasteiger partial charge in [0.2, 0.25) is 35.4 Å². The summed E-state index contributed by atoms with van der Waals surface area (Å²) in [5, 5.41) is 26.3. The number of carbonyl (C=O) groups is 9. The predicted octanol–water partition coefficient (Wildman–Crippen LogP) is 5.33. The molecule has 7 N–H and O–H groups in total. The van der Waals surface area contributed by atoms with Crippen molar-refractivity contribution < 1.29 is 181 Å². The minimum atomic E-state index is -1.31. The summed E-state index contributed by atoms with van der Waals surface area (Å²) >= 11 is 6.42. The maximum Gasteiger partial charge on any atom is 0.347 e. The van der Waals surface area contributed by atoms with Crippen molar-refractivity contribution in [1.82, 2.24) is 31.9 Å². The molecule has 850 valence electrons. The van der Waals surface area contributed by atoms with Crippen molar-refractivity contribution in [2.75, 3.05) is 338 Å². The number of carbonyl (C=O) groups excluding carboxylic acids is 8. The van der Waals surface area contributed by atoms with Crippen LogP contribution < -0.4 is 36.6 Å². The highest BCUT2D eigenvalue weighted by molar-refractivity contribution is 6.32. The molecule has 148 heavy (non-hydrogen) atoms. The summed E-state index contributed by atoms with van der Waals surface area (Å²) in [5.74, 6) is -6.10. The van der Waals surface area contributed by atoms with Gasteiger partial charge in [0.1, 0.15) is 36.1 Å². The number of hydrogen-bond acceptors (Lipinski definition) is 37. The SMILES string of the molecule is COCCOCCOCCOCCOCCOCCOCCOCCOCCOCCOCCOCCOCCOCCOCCOCCOCCOCCOCCOCCOCCOCCOCCOCCC(=O)NCCCC[C@H](NC(=O)[C@@H](NC(=O)CCCC(=O)O)C(C)C)C(=O)NCc1ccc([C@H]2O[C@@H]2[C@@H](C)[C@@H]2C/C=C/C(=O)N[C@H](Cc3ccc(OC)c(Cl)c3)C(=O)NCC(C)(C)C(=O)O[C@@H](CC(C)C)C(=O)O2)cc1. The summed E-state index contributed by atoms with van der Waals surface area (Å²) in [5.41, 5.74) is 0.817. The maximum absolute atomic E-state index is 14.1.